The Labute approximate surface area is 126 Å². The molecule has 0 radical (unpaired) electrons. The molecule has 1 aliphatic carbocycles. The Morgan fingerprint density at radius 2 is 2.05 bits per heavy atom. The number of hydrogen-bond acceptors (Lipinski definition) is 3. The van der Waals surface area contributed by atoms with Crippen LogP contribution in [0.5, 0.6) is 0 Å². The predicted molar refractivity (Wildman–Crippen MR) is 78.6 cm³/mol. The largest absolute Gasteiger partial charge is 0.378 e. The Balaban J connectivity index is 1.89. The van der Waals surface area contributed by atoms with Crippen LogP contribution in [-0.4, -0.2) is 47.0 Å². The Morgan fingerprint density at radius 3 is 2.62 bits per heavy atom. The van der Waals surface area contributed by atoms with Gasteiger partial charge in [-0.3, -0.25) is 9.59 Å². The molecule has 3 aliphatic rings. The lowest BCUT2D eigenvalue weighted by Gasteiger charge is -2.49. The van der Waals surface area contributed by atoms with Gasteiger partial charge in [0.2, 0.25) is 11.8 Å². The van der Waals surface area contributed by atoms with Crippen molar-refractivity contribution in [1.82, 2.24) is 10.2 Å². The molecule has 4 unspecified atom stereocenters. The van der Waals surface area contributed by atoms with E-state index >= 15 is 0 Å². The van der Waals surface area contributed by atoms with Gasteiger partial charge in [-0.2, -0.15) is 0 Å². The van der Waals surface area contributed by atoms with Gasteiger partial charge < -0.3 is 15.0 Å². The van der Waals surface area contributed by atoms with E-state index in [1.54, 1.807) is 0 Å². The van der Waals surface area contributed by atoms with Gasteiger partial charge in [-0.1, -0.05) is 6.92 Å². The van der Waals surface area contributed by atoms with Crippen LogP contribution in [0, 0.1) is 5.92 Å². The second-order valence-corrected chi connectivity index (χ2v) is 6.96. The molecule has 0 aromatic carbocycles. The van der Waals surface area contributed by atoms with E-state index in [-0.39, 0.29) is 30.0 Å². The lowest BCUT2D eigenvalue weighted by molar-refractivity contribution is -0.161. The third kappa shape index (κ3) is 2.45. The lowest BCUT2D eigenvalue weighted by atomic mass is 9.86. The van der Waals surface area contributed by atoms with Gasteiger partial charge in [0, 0.05) is 12.6 Å². The van der Waals surface area contributed by atoms with Crippen LogP contribution in [0.1, 0.15) is 52.9 Å². The van der Waals surface area contributed by atoms with Crippen LogP contribution in [-0.2, 0) is 14.3 Å². The quantitative estimate of drug-likeness (QED) is 0.857. The molecular formula is C16H26N2O3. The molecular weight excluding hydrogens is 268 g/mol. The zero-order chi connectivity index (χ0) is 15.2. The van der Waals surface area contributed by atoms with Crippen LogP contribution in [0.15, 0.2) is 0 Å². The van der Waals surface area contributed by atoms with Crippen LogP contribution in [0.2, 0.25) is 0 Å². The maximum Gasteiger partial charge on any atom is 0.249 e. The second-order valence-electron chi connectivity index (χ2n) is 6.96. The minimum Gasteiger partial charge on any atom is -0.378 e. The Morgan fingerprint density at radius 1 is 1.33 bits per heavy atom. The fraction of sp³-hybridized carbons (Fsp3) is 0.875. The molecule has 5 heteroatoms. The SMILES string of the molecule is CCC1C(=O)NC(C)(C2CC2)C(=O)N1C1CCOC(C)C1. The molecule has 2 saturated heterocycles. The molecule has 3 rings (SSSR count). The first-order chi connectivity index (χ1) is 9.97. The summed E-state index contributed by atoms with van der Waals surface area (Å²) < 4.78 is 5.60. The maximum atomic E-state index is 13.1. The summed E-state index contributed by atoms with van der Waals surface area (Å²) in [6.07, 6.45) is 4.57. The molecule has 2 amide bonds. The Kier molecular flexibility index (Phi) is 3.72. The van der Waals surface area contributed by atoms with Crippen molar-refractivity contribution >= 4 is 11.8 Å². The van der Waals surface area contributed by atoms with Crippen molar-refractivity contribution in [2.75, 3.05) is 6.61 Å². The molecule has 118 valence electrons. The van der Waals surface area contributed by atoms with Gasteiger partial charge in [0.1, 0.15) is 11.6 Å². The highest BCUT2D eigenvalue weighted by molar-refractivity contribution is 6.00. The molecule has 2 aliphatic heterocycles. The third-order valence-corrected chi connectivity index (χ3v) is 5.33. The fourth-order valence-electron chi connectivity index (χ4n) is 3.90. The Hall–Kier alpha value is -1.10. The lowest BCUT2D eigenvalue weighted by Crippen LogP contribution is -2.72. The summed E-state index contributed by atoms with van der Waals surface area (Å²) in [6, 6.07) is -0.185. The maximum absolute atomic E-state index is 13.1. The van der Waals surface area contributed by atoms with Gasteiger partial charge in [-0.05, 0) is 51.9 Å². The number of carbonyl (C=O) groups is 2. The Bertz CT molecular complexity index is 449. The van der Waals surface area contributed by atoms with Crippen molar-refractivity contribution in [1.29, 1.82) is 0 Å². The summed E-state index contributed by atoms with van der Waals surface area (Å²) in [5.41, 5.74) is -0.690. The summed E-state index contributed by atoms with van der Waals surface area (Å²) in [6.45, 7) is 6.61. The van der Waals surface area contributed by atoms with E-state index in [9.17, 15) is 9.59 Å². The third-order valence-electron chi connectivity index (χ3n) is 5.33. The number of nitrogens with zero attached hydrogens (tertiary/aromatic N) is 1. The van der Waals surface area contributed by atoms with Gasteiger partial charge in [0.25, 0.3) is 0 Å². The molecule has 3 fully saturated rings. The summed E-state index contributed by atoms with van der Waals surface area (Å²) in [4.78, 5) is 27.5. The predicted octanol–water partition coefficient (Wildman–Crippen LogP) is 1.46. The minimum absolute atomic E-state index is 0.0191. The summed E-state index contributed by atoms with van der Waals surface area (Å²) in [7, 11) is 0. The molecule has 21 heavy (non-hydrogen) atoms. The zero-order valence-corrected chi connectivity index (χ0v) is 13.2. The highest BCUT2D eigenvalue weighted by Crippen LogP contribution is 2.43. The topological polar surface area (TPSA) is 58.6 Å². The normalized spacial score (nSPS) is 41.1. The molecule has 4 atom stereocenters. The molecule has 0 bridgehead atoms. The van der Waals surface area contributed by atoms with E-state index in [2.05, 4.69) is 5.32 Å². The number of rotatable bonds is 3. The number of hydrogen-bond donors (Lipinski definition) is 1. The van der Waals surface area contributed by atoms with Crippen LogP contribution in [0.4, 0.5) is 0 Å². The van der Waals surface area contributed by atoms with Crippen molar-refractivity contribution in [3.05, 3.63) is 0 Å². The van der Waals surface area contributed by atoms with E-state index in [4.69, 9.17) is 4.74 Å². The highest BCUT2D eigenvalue weighted by atomic mass is 16.5. The summed E-state index contributed by atoms with van der Waals surface area (Å²) in [5.74, 6) is 0.452. The van der Waals surface area contributed by atoms with Gasteiger partial charge in [-0.25, -0.2) is 0 Å². The van der Waals surface area contributed by atoms with Crippen LogP contribution in [0.25, 0.3) is 0 Å². The molecule has 1 N–H and O–H groups in total. The average Bonchev–Trinajstić information content (AvgIpc) is 3.27. The number of carbonyl (C=O) groups excluding carboxylic acids is 2. The molecule has 1 saturated carbocycles. The van der Waals surface area contributed by atoms with Crippen molar-refractivity contribution in [3.8, 4) is 0 Å². The van der Waals surface area contributed by atoms with Crippen LogP contribution < -0.4 is 5.32 Å². The van der Waals surface area contributed by atoms with Crippen molar-refractivity contribution < 1.29 is 14.3 Å². The van der Waals surface area contributed by atoms with Crippen LogP contribution in [0.3, 0.4) is 0 Å². The molecule has 0 aromatic heterocycles. The van der Waals surface area contributed by atoms with Crippen molar-refractivity contribution in [2.24, 2.45) is 5.92 Å². The second kappa shape index (κ2) is 5.27. The van der Waals surface area contributed by atoms with Crippen molar-refractivity contribution in [2.45, 2.75) is 76.6 Å². The van der Waals surface area contributed by atoms with E-state index in [1.807, 2.05) is 25.7 Å². The molecule has 2 heterocycles. The number of amides is 2. The zero-order valence-electron chi connectivity index (χ0n) is 13.2. The van der Waals surface area contributed by atoms with E-state index < -0.39 is 5.54 Å². The monoisotopic (exact) mass is 294 g/mol. The van der Waals surface area contributed by atoms with Crippen LogP contribution >= 0.6 is 0 Å². The first-order valence-electron chi connectivity index (χ1n) is 8.23. The van der Waals surface area contributed by atoms with E-state index in [0.29, 0.717) is 18.9 Å². The first kappa shape index (κ1) is 14.8. The van der Waals surface area contributed by atoms with Gasteiger partial charge >= 0.3 is 0 Å². The highest BCUT2D eigenvalue weighted by Gasteiger charge is 2.56. The smallest absolute Gasteiger partial charge is 0.249 e. The summed E-state index contributed by atoms with van der Waals surface area (Å²) in [5, 5.41) is 3.02. The van der Waals surface area contributed by atoms with Gasteiger partial charge in [-0.15, -0.1) is 0 Å². The standard InChI is InChI=1S/C16H26N2O3/c1-4-13-14(19)17-16(3,11-5-6-11)15(20)18(13)12-7-8-21-10(2)9-12/h10-13H,4-9H2,1-3H3,(H,17,19). The average molecular weight is 294 g/mol. The van der Waals surface area contributed by atoms with Crippen molar-refractivity contribution in [3.63, 3.8) is 0 Å². The van der Waals surface area contributed by atoms with E-state index in [1.165, 1.54) is 0 Å². The summed E-state index contributed by atoms with van der Waals surface area (Å²) >= 11 is 0. The van der Waals surface area contributed by atoms with Gasteiger partial charge in [0.05, 0.1) is 6.10 Å². The molecule has 5 nitrogen and oxygen atoms in total. The number of ether oxygens (including phenoxy) is 1. The van der Waals surface area contributed by atoms with Gasteiger partial charge in [0.15, 0.2) is 0 Å². The number of nitrogens with one attached hydrogen (secondary N) is 1. The molecule has 0 aromatic rings. The first-order valence-corrected chi connectivity index (χ1v) is 8.23. The fourth-order valence-corrected chi connectivity index (χ4v) is 3.90. The minimum atomic E-state index is -0.690. The van der Waals surface area contributed by atoms with E-state index in [0.717, 1.165) is 25.7 Å². The molecule has 0 spiro atoms. The number of piperazine rings is 1.